The van der Waals surface area contributed by atoms with E-state index in [0.717, 1.165) is 69.6 Å². The summed E-state index contributed by atoms with van der Waals surface area (Å²) in [6, 6.07) is 8.48. The zero-order chi connectivity index (χ0) is 20.9. The fourth-order valence-corrected chi connectivity index (χ4v) is 4.12. The molecule has 168 valence electrons. The third kappa shape index (κ3) is 5.79. The van der Waals surface area contributed by atoms with Gasteiger partial charge in [0.05, 0.1) is 5.69 Å². The van der Waals surface area contributed by atoms with E-state index in [1.807, 2.05) is 13.0 Å². The molecule has 2 N–H and O–H groups in total. The molecule has 7 nitrogen and oxygen atoms in total. The maximum Gasteiger partial charge on any atom is 0.194 e. The molecule has 1 aliphatic heterocycles. The molecule has 3 aromatic rings. The van der Waals surface area contributed by atoms with Crippen molar-refractivity contribution in [3.05, 3.63) is 53.0 Å². The first-order chi connectivity index (χ1) is 14.6. The predicted molar refractivity (Wildman–Crippen MR) is 136 cm³/mol. The summed E-state index contributed by atoms with van der Waals surface area (Å²) >= 11 is 0. The van der Waals surface area contributed by atoms with Gasteiger partial charge in [-0.15, -0.1) is 24.0 Å². The van der Waals surface area contributed by atoms with Crippen LogP contribution in [0.5, 0.6) is 0 Å². The average Bonchev–Trinajstić information content (AvgIpc) is 3.35. The minimum Gasteiger partial charge on any atom is -0.361 e. The van der Waals surface area contributed by atoms with Gasteiger partial charge in [-0.2, -0.15) is 0 Å². The second kappa shape index (κ2) is 11.0. The first-order valence-electron chi connectivity index (χ1n) is 10.9. The Hall–Kier alpha value is -2.07. The number of nitrogens with one attached hydrogen (secondary N) is 2. The van der Waals surface area contributed by atoms with Crippen molar-refractivity contribution >= 4 is 40.8 Å². The number of rotatable bonds is 6. The van der Waals surface area contributed by atoms with Crippen molar-refractivity contribution in [3.8, 4) is 0 Å². The molecular weight excluding hydrogens is 503 g/mol. The highest BCUT2D eigenvalue weighted by Gasteiger charge is 2.20. The lowest BCUT2D eigenvalue weighted by Crippen LogP contribution is -2.52. The zero-order valence-corrected chi connectivity index (χ0v) is 21.0. The van der Waals surface area contributed by atoms with E-state index in [4.69, 9.17) is 9.52 Å². The Kier molecular flexibility index (Phi) is 8.36. The molecular formula is C23H33IN6O. The third-order valence-electron chi connectivity index (χ3n) is 5.72. The van der Waals surface area contributed by atoms with Crippen LogP contribution in [0.25, 0.3) is 10.9 Å². The second-order valence-corrected chi connectivity index (χ2v) is 7.99. The van der Waals surface area contributed by atoms with Gasteiger partial charge in [0.1, 0.15) is 5.76 Å². The van der Waals surface area contributed by atoms with Crippen molar-refractivity contribution in [1.82, 2.24) is 25.3 Å². The van der Waals surface area contributed by atoms with Crippen molar-refractivity contribution in [1.29, 1.82) is 0 Å². The molecule has 0 aliphatic carbocycles. The molecule has 1 aliphatic rings. The summed E-state index contributed by atoms with van der Waals surface area (Å²) in [6.45, 7) is 12.6. The molecule has 0 bridgehead atoms. The van der Waals surface area contributed by atoms with Gasteiger partial charge in [0.2, 0.25) is 0 Å². The van der Waals surface area contributed by atoms with E-state index in [-0.39, 0.29) is 24.0 Å². The van der Waals surface area contributed by atoms with Gasteiger partial charge in [-0.1, -0.05) is 23.4 Å². The van der Waals surface area contributed by atoms with Crippen LogP contribution in [0, 0.1) is 13.8 Å². The molecule has 1 fully saturated rings. The fraction of sp³-hybridized carbons (Fsp3) is 0.478. The Morgan fingerprint density at radius 3 is 2.74 bits per heavy atom. The Morgan fingerprint density at radius 1 is 1.23 bits per heavy atom. The molecule has 0 amide bonds. The molecule has 0 radical (unpaired) electrons. The molecule has 1 aromatic carbocycles. The highest BCUT2D eigenvalue weighted by molar-refractivity contribution is 14.0. The van der Waals surface area contributed by atoms with E-state index in [1.54, 1.807) is 0 Å². The number of benzene rings is 1. The van der Waals surface area contributed by atoms with Gasteiger partial charge >= 0.3 is 0 Å². The number of para-hydroxylation sites is 1. The van der Waals surface area contributed by atoms with E-state index >= 15 is 0 Å². The first-order valence-corrected chi connectivity index (χ1v) is 10.9. The normalized spacial score (nSPS) is 15.3. The summed E-state index contributed by atoms with van der Waals surface area (Å²) in [7, 11) is 0. The second-order valence-electron chi connectivity index (χ2n) is 7.99. The van der Waals surface area contributed by atoms with Crippen LogP contribution in [0.2, 0.25) is 0 Å². The van der Waals surface area contributed by atoms with E-state index in [9.17, 15) is 0 Å². The summed E-state index contributed by atoms with van der Waals surface area (Å²) in [6.07, 6.45) is 3.06. The van der Waals surface area contributed by atoms with E-state index in [1.165, 1.54) is 22.0 Å². The van der Waals surface area contributed by atoms with Crippen LogP contribution in [-0.4, -0.2) is 65.2 Å². The number of aliphatic imine (C=N–C) groups is 1. The molecule has 4 rings (SSSR count). The Bertz CT molecular complexity index is 1000. The maximum absolute atomic E-state index is 5.19. The number of hydrogen-bond acceptors (Lipinski definition) is 4. The summed E-state index contributed by atoms with van der Waals surface area (Å²) in [5.41, 5.74) is 4.87. The van der Waals surface area contributed by atoms with Crippen LogP contribution in [0.4, 0.5) is 0 Å². The highest BCUT2D eigenvalue weighted by atomic mass is 127. The van der Waals surface area contributed by atoms with Crippen LogP contribution in [0.15, 0.2) is 40.0 Å². The highest BCUT2D eigenvalue weighted by Crippen LogP contribution is 2.21. The molecule has 0 atom stereocenters. The summed E-state index contributed by atoms with van der Waals surface area (Å²) in [4.78, 5) is 13.1. The van der Waals surface area contributed by atoms with E-state index < -0.39 is 0 Å². The molecule has 3 heterocycles. The minimum atomic E-state index is 0. The number of H-pyrrole nitrogens is 1. The van der Waals surface area contributed by atoms with Gasteiger partial charge in [0.25, 0.3) is 0 Å². The van der Waals surface area contributed by atoms with Crippen LogP contribution in [0.3, 0.4) is 0 Å². The van der Waals surface area contributed by atoms with Gasteiger partial charge < -0.3 is 19.7 Å². The molecule has 1 saturated heterocycles. The number of piperazine rings is 1. The smallest absolute Gasteiger partial charge is 0.194 e. The van der Waals surface area contributed by atoms with Gasteiger partial charge in [0.15, 0.2) is 5.96 Å². The van der Waals surface area contributed by atoms with Crippen molar-refractivity contribution in [3.63, 3.8) is 0 Å². The molecule has 8 heteroatoms. The number of fused-ring (bicyclic) bond motifs is 1. The largest absolute Gasteiger partial charge is 0.361 e. The van der Waals surface area contributed by atoms with Crippen LogP contribution >= 0.6 is 24.0 Å². The number of aryl methyl sites for hydroxylation is 2. The predicted octanol–water partition coefficient (Wildman–Crippen LogP) is 3.72. The lowest BCUT2D eigenvalue weighted by molar-refractivity contribution is 0.169. The van der Waals surface area contributed by atoms with Crippen LogP contribution in [-0.2, 0) is 13.0 Å². The van der Waals surface area contributed by atoms with Crippen LogP contribution < -0.4 is 5.32 Å². The van der Waals surface area contributed by atoms with Crippen molar-refractivity contribution in [2.45, 2.75) is 33.7 Å². The van der Waals surface area contributed by atoms with Gasteiger partial charge in [-0.3, -0.25) is 9.89 Å². The number of nitrogens with zero attached hydrogens (tertiary/aromatic N) is 4. The number of aromatic amines is 1. The topological polar surface area (TPSA) is 72.7 Å². The van der Waals surface area contributed by atoms with Crippen molar-refractivity contribution in [2.24, 2.45) is 4.99 Å². The molecule has 0 unspecified atom stereocenters. The van der Waals surface area contributed by atoms with Gasteiger partial charge in [-0.05, 0) is 38.3 Å². The molecule has 0 spiro atoms. The standard InChI is InChI=1S/C23H32N6O.HI/c1-4-24-23(25-9-8-19-15-26-22-17(2)6-5-7-21(19)22)29-12-10-28(11-13-29)16-20-14-18(3)30-27-20;/h5-7,14-15,26H,4,8-13,16H2,1-3H3,(H,24,25);1H. The fourth-order valence-electron chi connectivity index (χ4n) is 4.12. The summed E-state index contributed by atoms with van der Waals surface area (Å²) in [5, 5.41) is 8.90. The Balaban J connectivity index is 0.00000272. The summed E-state index contributed by atoms with van der Waals surface area (Å²) < 4.78 is 5.19. The number of hydrogen-bond donors (Lipinski definition) is 2. The molecule has 0 saturated carbocycles. The van der Waals surface area contributed by atoms with Gasteiger partial charge in [-0.25, -0.2) is 0 Å². The quantitative estimate of drug-likeness (QED) is 0.286. The minimum absolute atomic E-state index is 0. The van der Waals surface area contributed by atoms with Crippen molar-refractivity contribution in [2.75, 3.05) is 39.3 Å². The van der Waals surface area contributed by atoms with E-state index in [0.29, 0.717) is 0 Å². The monoisotopic (exact) mass is 536 g/mol. The maximum atomic E-state index is 5.19. The zero-order valence-electron chi connectivity index (χ0n) is 18.6. The number of aromatic nitrogens is 2. The van der Waals surface area contributed by atoms with Gasteiger partial charge in [0, 0.05) is 69.0 Å². The van der Waals surface area contributed by atoms with Crippen molar-refractivity contribution < 1.29 is 4.52 Å². The third-order valence-corrected chi connectivity index (χ3v) is 5.72. The van der Waals surface area contributed by atoms with E-state index in [2.05, 4.69) is 63.5 Å². The first kappa shape index (κ1) is 23.6. The lowest BCUT2D eigenvalue weighted by atomic mass is 10.1. The lowest BCUT2D eigenvalue weighted by Gasteiger charge is -2.36. The molecule has 31 heavy (non-hydrogen) atoms. The summed E-state index contributed by atoms with van der Waals surface area (Å²) in [5.74, 6) is 1.89. The number of halogens is 1. The Morgan fingerprint density at radius 2 is 2.03 bits per heavy atom. The SMILES string of the molecule is CCNC(=NCCc1c[nH]c2c(C)cccc12)N1CCN(Cc2cc(C)on2)CC1.I. The Labute approximate surface area is 201 Å². The average molecular weight is 536 g/mol. The molecule has 2 aromatic heterocycles. The van der Waals surface area contributed by atoms with Crippen LogP contribution in [0.1, 0.15) is 29.5 Å². The number of guanidine groups is 1.